The van der Waals surface area contributed by atoms with Gasteiger partial charge >= 0.3 is 11.9 Å². The Balaban J connectivity index is 2.45. The highest BCUT2D eigenvalue weighted by molar-refractivity contribution is 5.89. The van der Waals surface area contributed by atoms with Gasteiger partial charge in [0.15, 0.2) is 6.61 Å². The highest BCUT2D eigenvalue weighted by Gasteiger charge is 2.47. The standard InChI is InChI=1S/C18H28O5/c1-6-11-21-12-14(2)16(20)22-13-15(19)23-18(17(3,4)5)9-7-8-10-18/h6H,1-2,7-13H2,3-5H3. The lowest BCUT2D eigenvalue weighted by Crippen LogP contribution is -2.45. The smallest absolute Gasteiger partial charge is 0.344 e. The minimum atomic E-state index is -0.651. The number of ether oxygens (including phenoxy) is 3. The zero-order chi connectivity index (χ0) is 17.5. The van der Waals surface area contributed by atoms with Gasteiger partial charge in [0.1, 0.15) is 5.60 Å². The van der Waals surface area contributed by atoms with Crippen LogP contribution in [-0.4, -0.2) is 37.4 Å². The SMILES string of the molecule is C=CCOCC(=C)C(=O)OCC(=O)OC1(C(C)(C)C)CCCC1. The molecule has 0 amide bonds. The van der Waals surface area contributed by atoms with Crippen molar-refractivity contribution in [2.24, 2.45) is 5.41 Å². The van der Waals surface area contributed by atoms with Gasteiger partial charge in [-0.1, -0.05) is 33.4 Å². The van der Waals surface area contributed by atoms with E-state index in [9.17, 15) is 9.59 Å². The molecule has 0 radical (unpaired) electrons. The number of esters is 2. The van der Waals surface area contributed by atoms with E-state index in [1.807, 2.05) is 0 Å². The van der Waals surface area contributed by atoms with Crippen LogP contribution in [0.15, 0.2) is 24.8 Å². The quantitative estimate of drug-likeness (QED) is 0.297. The Morgan fingerprint density at radius 3 is 2.30 bits per heavy atom. The zero-order valence-electron chi connectivity index (χ0n) is 14.5. The predicted molar refractivity (Wildman–Crippen MR) is 87.9 cm³/mol. The van der Waals surface area contributed by atoms with Crippen LogP contribution in [0.25, 0.3) is 0 Å². The van der Waals surface area contributed by atoms with Crippen LogP contribution in [0.2, 0.25) is 0 Å². The summed E-state index contributed by atoms with van der Waals surface area (Å²) < 4.78 is 15.8. The maximum absolute atomic E-state index is 12.1. The van der Waals surface area contributed by atoms with E-state index in [-0.39, 0.29) is 17.6 Å². The van der Waals surface area contributed by atoms with Crippen LogP contribution in [0.5, 0.6) is 0 Å². The molecule has 0 aromatic carbocycles. The molecule has 130 valence electrons. The van der Waals surface area contributed by atoms with Gasteiger partial charge in [0.25, 0.3) is 0 Å². The fraction of sp³-hybridized carbons (Fsp3) is 0.667. The molecule has 5 nitrogen and oxygen atoms in total. The average molecular weight is 324 g/mol. The summed E-state index contributed by atoms with van der Waals surface area (Å²) >= 11 is 0. The van der Waals surface area contributed by atoms with Gasteiger partial charge in [-0.15, -0.1) is 6.58 Å². The van der Waals surface area contributed by atoms with Crippen molar-refractivity contribution in [3.8, 4) is 0 Å². The van der Waals surface area contributed by atoms with E-state index in [1.165, 1.54) is 0 Å². The molecule has 1 rings (SSSR count). The summed E-state index contributed by atoms with van der Waals surface area (Å²) in [5, 5.41) is 0. The van der Waals surface area contributed by atoms with E-state index in [4.69, 9.17) is 14.2 Å². The molecule has 0 aliphatic heterocycles. The number of carbonyl (C=O) groups excluding carboxylic acids is 2. The summed E-state index contributed by atoms with van der Waals surface area (Å²) in [6, 6.07) is 0. The number of hydrogen-bond acceptors (Lipinski definition) is 5. The molecule has 0 aromatic heterocycles. The first-order valence-electron chi connectivity index (χ1n) is 7.97. The molecule has 1 saturated carbocycles. The zero-order valence-corrected chi connectivity index (χ0v) is 14.5. The van der Waals surface area contributed by atoms with Crippen LogP contribution in [0.4, 0.5) is 0 Å². The van der Waals surface area contributed by atoms with Crippen molar-refractivity contribution < 1.29 is 23.8 Å². The van der Waals surface area contributed by atoms with Gasteiger partial charge in [0, 0.05) is 5.41 Å². The minimum Gasteiger partial charge on any atom is -0.456 e. The Morgan fingerprint density at radius 1 is 1.17 bits per heavy atom. The van der Waals surface area contributed by atoms with Crippen LogP contribution >= 0.6 is 0 Å². The van der Waals surface area contributed by atoms with Crippen LogP contribution in [-0.2, 0) is 23.8 Å². The van der Waals surface area contributed by atoms with Gasteiger partial charge in [0.05, 0.1) is 18.8 Å². The molecule has 0 unspecified atom stereocenters. The maximum atomic E-state index is 12.1. The highest BCUT2D eigenvalue weighted by atomic mass is 16.6. The van der Waals surface area contributed by atoms with Crippen molar-refractivity contribution in [3.63, 3.8) is 0 Å². The minimum absolute atomic E-state index is 0.0474. The van der Waals surface area contributed by atoms with E-state index in [2.05, 4.69) is 33.9 Å². The molecule has 0 saturated heterocycles. The average Bonchev–Trinajstić information content (AvgIpc) is 2.94. The van der Waals surface area contributed by atoms with Crippen LogP contribution in [0.1, 0.15) is 46.5 Å². The fourth-order valence-electron chi connectivity index (χ4n) is 2.75. The second kappa shape index (κ2) is 8.29. The fourth-order valence-corrected chi connectivity index (χ4v) is 2.75. The first-order chi connectivity index (χ1) is 10.7. The van der Waals surface area contributed by atoms with Gasteiger partial charge in [-0.25, -0.2) is 9.59 Å². The second-order valence-corrected chi connectivity index (χ2v) is 6.91. The number of hydrogen-bond donors (Lipinski definition) is 0. The van der Waals surface area contributed by atoms with Gasteiger partial charge in [-0.05, 0) is 25.7 Å². The largest absolute Gasteiger partial charge is 0.456 e. The maximum Gasteiger partial charge on any atom is 0.344 e. The lowest BCUT2D eigenvalue weighted by atomic mass is 9.75. The second-order valence-electron chi connectivity index (χ2n) is 6.91. The Morgan fingerprint density at radius 2 is 1.78 bits per heavy atom. The molecule has 0 heterocycles. The monoisotopic (exact) mass is 324 g/mol. The van der Waals surface area contributed by atoms with E-state index in [0.717, 1.165) is 25.7 Å². The van der Waals surface area contributed by atoms with Crippen LogP contribution < -0.4 is 0 Å². The molecule has 0 N–H and O–H groups in total. The third kappa shape index (κ3) is 5.50. The predicted octanol–water partition coefficient (Wildman–Crippen LogP) is 3.19. The van der Waals surface area contributed by atoms with Crippen molar-refractivity contribution in [1.29, 1.82) is 0 Å². The van der Waals surface area contributed by atoms with Gasteiger partial charge < -0.3 is 14.2 Å². The normalized spacial score (nSPS) is 16.7. The summed E-state index contributed by atoms with van der Waals surface area (Å²) in [6.45, 7) is 13.2. The summed E-state index contributed by atoms with van der Waals surface area (Å²) in [4.78, 5) is 23.8. The summed E-state index contributed by atoms with van der Waals surface area (Å²) in [5.41, 5.74) is -0.461. The van der Waals surface area contributed by atoms with E-state index in [0.29, 0.717) is 6.61 Å². The molecule has 1 aliphatic rings. The van der Waals surface area contributed by atoms with Crippen molar-refractivity contribution in [1.82, 2.24) is 0 Å². The molecule has 0 atom stereocenters. The molecular formula is C18H28O5. The molecule has 1 fully saturated rings. The molecule has 0 aromatic rings. The van der Waals surface area contributed by atoms with Gasteiger partial charge in [-0.3, -0.25) is 0 Å². The lowest BCUT2D eigenvalue weighted by molar-refractivity contribution is -0.179. The number of rotatable bonds is 8. The molecular weight excluding hydrogens is 296 g/mol. The third-order valence-electron chi connectivity index (χ3n) is 4.21. The van der Waals surface area contributed by atoms with Crippen molar-refractivity contribution in [3.05, 3.63) is 24.8 Å². The van der Waals surface area contributed by atoms with Crippen LogP contribution in [0.3, 0.4) is 0 Å². The molecule has 0 spiro atoms. The first-order valence-corrected chi connectivity index (χ1v) is 7.97. The van der Waals surface area contributed by atoms with E-state index < -0.39 is 24.1 Å². The highest BCUT2D eigenvalue weighted by Crippen LogP contribution is 2.46. The van der Waals surface area contributed by atoms with Crippen molar-refractivity contribution in [2.45, 2.75) is 52.1 Å². The summed E-state index contributed by atoms with van der Waals surface area (Å²) in [7, 11) is 0. The van der Waals surface area contributed by atoms with Gasteiger partial charge in [0.2, 0.25) is 0 Å². The molecule has 23 heavy (non-hydrogen) atoms. The van der Waals surface area contributed by atoms with Crippen molar-refractivity contribution >= 4 is 11.9 Å². The van der Waals surface area contributed by atoms with Crippen molar-refractivity contribution in [2.75, 3.05) is 19.8 Å². The van der Waals surface area contributed by atoms with E-state index >= 15 is 0 Å². The Labute approximate surface area is 138 Å². The Hall–Kier alpha value is -1.62. The van der Waals surface area contributed by atoms with Gasteiger partial charge in [-0.2, -0.15) is 0 Å². The molecule has 1 aliphatic carbocycles. The van der Waals surface area contributed by atoms with E-state index in [1.54, 1.807) is 6.08 Å². The first kappa shape index (κ1) is 19.4. The molecule has 0 bridgehead atoms. The topological polar surface area (TPSA) is 61.8 Å². The Kier molecular flexibility index (Phi) is 7.01. The summed E-state index contributed by atoms with van der Waals surface area (Å²) in [5.74, 6) is -1.17. The Bertz CT molecular complexity index is 453. The molecule has 5 heteroatoms. The van der Waals surface area contributed by atoms with Crippen LogP contribution in [0, 0.1) is 5.41 Å². The lowest BCUT2D eigenvalue weighted by Gasteiger charge is -2.41. The number of carbonyl (C=O) groups is 2. The summed E-state index contributed by atoms with van der Waals surface area (Å²) in [6.07, 6.45) is 5.35. The third-order valence-corrected chi connectivity index (χ3v) is 4.21.